The largest absolute Gasteiger partial charge is 1.00 e. The third-order valence-corrected chi connectivity index (χ3v) is 4.33. The van der Waals surface area contributed by atoms with Gasteiger partial charge in [-0.2, -0.15) is 0 Å². The molecule has 0 N–H and O–H groups in total. The molecule has 1 aromatic carbocycles. The molecule has 1 aliphatic carbocycles. The van der Waals surface area contributed by atoms with Gasteiger partial charge in [0, 0.05) is 5.02 Å². The van der Waals surface area contributed by atoms with Crippen LogP contribution in [0.5, 0.6) is 0 Å². The Morgan fingerprint density at radius 3 is 2.42 bits per heavy atom. The van der Waals surface area contributed by atoms with E-state index < -0.39 is 11.3 Å². The smallest absolute Gasteiger partial charge is 0.548 e. The second-order valence-electron chi connectivity index (χ2n) is 4.80. The minimum absolute atomic E-state index is 0. The number of alkyl halides is 1. The quantitative estimate of drug-likeness (QED) is 0.600. The molecule has 0 amide bonds. The van der Waals surface area contributed by atoms with Crippen LogP contribution in [0.1, 0.15) is 54.5 Å². The van der Waals surface area contributed by atoms with E-state index in [-0.39, 0.29) is 29.6 Å². The second-order valence-corrected chi connectivity index (χ2v) is 5.64. The van der Waals surface area contributed by atoms with E-state index in [1.165, 1.54) is 19.3 Å². The first kappa shape index (κ1) is 17.3. The van der Waals surface area contributed by atoms with E-state index in [1.807, 2.05) is 6.07 Å². The molecule has 0 saturated heterocycles. The molecule has 1 saturated carbocycles. The number of carboxylic acids is 1. The van der Waals surface area contributed by atoms with Crippen LogP contribution in [0.3, 0.4) is 0 Å². The molecule has 0 aromatic heterocycles. The first-order chi connectivity index (χ1) is 8.59. The molecule has 1 aliphatic rings. The molecule has 0 heterocycles. The van der Waals surface area contributed by atoms with E-state index in [0.717, 1.165) is 18.4 Å². The van der Waals surface area contributed by atoms with Crippen molar-refractivity contribution in [3.8, 4) is 0 Å². The maximum Gasteiger partial charge on any atom is 1.00 e. The Labute approximate surface area is 145 Å². The van der Waals surface area contributed by atoms with Gasteiger partial charge >= 0.3 is 29.6 Å². The van der Waals surface area contributed by atoms with Gasteiger partial charge in [-0.15, -0.1) is 11.6 Å². The minimum Gasteiger partial charge on any atom is -0.548 e. The van der Waals surface area contributed by atoms with E-state index in [2.05, 4.69) is 0 Å². The van der Waals surface area contributed by atoms with E-state index >= 15 is 0 Å². The van der Waals surface area contributed by atoms with Crippen LogP contribution in [-0.2, 0) is 4.79 Å². The van der Waals surface area contributed by atoms with Crippen molar-refractivity contribution in [3.05, 3.63) is 34.3 Å². The molecule has 19 heavy (non-hydrogen) atoms. The third kappa shape index (κ3) is 4.37. The van der Waals surface area contributed by atoms with Crippen molar-refractivity contribution in [2.75, 3.05) is 0 Å². The zero-order chi connectivity index (χ0) is 13.1. The zero-order valence-corrected chi connectivity index (χ0v) is 14.5. The summed E-state index contributed by atoms with van der Waals surface area (Å²) in [7, 11) is 0. The summed E-state index contributed by atoms with van der Waals surface area (Å²) in [4.78, 5) is 10.7. The molecule has 2 rings (SSSR count). The first-order valence-electron chi connectivity index (χ1n) is 6.24. The number of benzene rings is 1. The third-order valence-electron chi connectivity index (χ3n) is 3.57. The summed E-state index contributed by atoms with van der Waals surface area (Å²) in [6.07, 6.45) is 6.08. The number of hydrogen-bond donors (Lipinski definition) is 0. The molecular formula is C14H15Cl2NaO2. The Hall–Kier alpha value is 0.270. The summed E-state index contributed by atoms with van der Waals surface area (Å²) in [5, 5.41) is 10.2. The number of halogens is 2. The van der Waals surface area contributed by atoms with Gasteiger partial charge in [0.05, 0.1) is 11.3 Å². The normalized spacial score (nSPS) is 17.6. The number of carbonyl (C=O) groups excluding carboxylic acids is 1. The number of carbonyl (C=O) groups is 1. The van der Waals surface area contributed by atoms with E-state index in [1.54, 1.807) is 12.1 Å². The van der Waals surface area contributed by atoms with Crippen LogP contribution in [-0.4, -0.2) is 5.97 Å². The molecule has 1 fully saturated rings. The van der Waals surface area contributed by atoms with Gasteiger partial charge in [-0.3, -0.25) is 0 Å². The van der Waals surface area contributed by atoms with Gasteiger partial charge in [0.1, 0.15) is 0 Å². The summed E-state index contributed by atoms with van der Waals surface area (Å²) in [6.45, 7) is 0. The molecule has 0 bridgehead atoms. The molecule has 1 aromatic rings. The van der Waals surface area contributed by atoms with Crippen molar-refractivity contribution < 1.29 is 39.5 Å². The Kier molecular flexibility index (Phi) is 7.20. The number of carboxylic acid groups (broad SMARTS) is 1. The van der Waals surface area contributed by atoms with Gasteiger partial charge < -0.3 is 9.90 Å². The van der Waals surface area contributed by atoms with Gasteiger partial charge in [-0.05, 0) is 36.0 Å². The average molecular weight is 309 g/mol. The Balaban J connectivity index is 0.00000180. The topological polar surface area (TPSA) is 40.1 Å². The molecule has 0 aliphatic heterocycles. The fourth-order valence-electron chi connectivity index (χ4n) is 2.58. The van der Waals surface area contributed by atoms with Crippen molar-refractivity contribution in [1.29, 1.82) is 0 Å². The Bertz CT molecular complexity index is 445. The number of hydrogen-bond acceptors (Lipinski definition) is 2. The number of rotatable bonds is 3. The Morgan fingerprint density at radius 2 is 1.89 bits per heavy atom. The monoisotopic (exact) mass is 308 g/mol. The maximum atomic E-state index is 10.7. The van der Waals surface area contributed by atoms with Crippen LogP contribution in [0, 0.1) is 0 Å². The number of aliphatic carboxylic acids is 1. The van der Waals surface area contributed by atoms with Crippen molar-refractivity contribution >= 4 is 29.2 Å². The SMILES string of the molecule is O=C([O-])[C@H](Cl)c1ccc(C2CCCCC2)c(Cl)c1.[Na+]. The molecule has 98 valence electrons. The zero-order valence-electron chi connectivity index (χ0n) is 11.0. The molecule has 0 unspecified atom stereocenters. The van der Waals surface area contributed by atoms with Gasteiger partial charge in [0.25, 0.3) is 0 Å². The summed E-state index contributed by atoms with van der Waals surface area (Å²) >= 11 is 12.0. The van der Waals surface area contributed by atoms with E-state index in [4.69, 9.17) is 23.2 Å². The Morgan fingerprint density at radius 1 is 1.26 bits per heavy atom. The summed E-state index contributed by atoms with van der Waals surface area (Å²) in [5.74, 6) is -0.796. The maximum absolute atomic E-state index is 10.7. The van der Waals surface area contributed by atoms with Crippen LogP contribution < -0.4 is 34.7 Å². The second kappa shape index (κ2) is 7.90. The summed E-state index contributed by atoms with van der Waals surface area (Å²) in [6, 6.07) is 5.30. The fourth-order valence-corrected chi connectivity index (χ4v) is 3.06. The predicted molar refractivity (Wildman–Crippen MR) is 70.9 cm³/mol. The standard InChI is InChI=1S/C14H16Cl2O2.Na/c15-12-8-10(13(16)14(17)18)6-7-11(12)9-4-2-1-3-5-9;/h6-9,13H,1-5H2,(H,17,18);/q;+1/p-1/t13-;/m1./s1. The van der Waals surface area contributed by atoms with Crippen molar-refractivity contribution in [3.63, 3.8) is 0 Å². The van der Waals surface area contributed by atoms with Gasteiger partial charge in [0.2, 0.25) is 0 Å². The predicted octanol–water partition coefficient (Wildman–Crippen LogP) is 0.421. The molecule has 5 heteroatoms. The molecule has 0 radical (unpaired) electrons. The van der Waals surface area contributed by atoms with Gasteiger partial charge in [-0.1, -0.05) is 43.0 Å². The van der Waals surface area contributed by atoms with Gasteiger partial charge in [-0.25, -0.2) is 0 Å². The van der Waals surface area contributed by atoms with Crippen LogP contribution in [0.2, 0.25) is 5.02 Å². The van der Waals surface area contributed by atoms with Crippen LogP contribution in [0.15, 0.2) is 18.2 Å². The first-order valence-corrected chi connectivity index (χ1v) is 7.05. The average Bonchev–Trinajstić information content (AvgIpc) is 2.38. The van der Waals surface area contributed by atoms with Crippen LogP contribution in [0.25, 0.3) is 0 Å². The van der Waals surface area contributed by atoms with Crippen molar-refractivity contribution in [1.82, 2.24) is 0 Å². The molecule has 1 atom stereocenters. The van der Waals surface area contributed by atoms with E-state index in [0.29, 0.717) is 16.5 Å². The minimum atomic E-state index is -1.29. The van der Waals surface area contributed by atoms with Crippen molar-refractivity contribution in [2.45, 2.75) is 43.4 Å². The summed E-state index contributed by atoms with van der Waals surface area (Å²) < 4.78 is 0. The fraction of sp³-hybridized carbons (Fsp3) is 0.500. The van der Waals surface area contributed by atoms with Gasteiger partial charge in [0.15, 0.2) is 0 Å². The molecule has 2 nitrogen and oxygen atoms in total. The summed E-state index contributed by atoms with van der Waals surface area (Å²) in [5.41, 5.74) is 1.60. The molecular weight excluding hydrogens is 294 g/mol. The van der Waals surface area contributed by atoms with Crippen LogP contribution >= 0.6 is 23.2 Å². The van der Waals surface area contributed by atoms with E-state index in [9.17, 15) is 9.90 Å². The van der Waals surface area contributed by atoms with Crippen molar-refractivity contribution in [2.24, 2.45) is 0 Å². The molecule has 0 spiro atoms. The van der Waals surface area contributed by atoms with Crippen LogP contribution in [0.4, 0.5) is 0 Å².